The number of pyridine rings is 1. The van der Waals surface area contributed by atoms with E-state index in [0.29, 0.717) is 5.56 Å². The molecule has 19 heavy (non-hydrogen) atoms. The third kappa shape index (κ3) is 2.73. The highest BCUT2D eigenvalue weighted by Crippen LogP contribution is 2.32. The zero-order valence-electron chi connectivity index (χ0n) is 9.58. The van der Waals surface area contributed by atoms with E-state index in [0.717, 1.165) is 18.3 Å². The quantitative estimate of drug-likeness (QED) is 0.849. The fourth-order valence-corrected chi connectivity index (χ4v) is 1.71. The Kier molecular flexibility index (Phi) is 3.53. The molecule has 0 spiro atoms. The summed E-state index contributed by atoms with van der Waals surface area (Å²) in [5.74, 6) is -0.695. The van der Waals surface area contributed by atoms with E-state index in [9.17, 15) is 17.6 Å². The number of halogens is 4. The molecule has 0 saturated carbocycles. The zero-order valence-corrected chi connectivity index (χ0v) is 9.58. The van der Waals surface area contributed by atoms with Gasteiger partial charge in [-0.2, -0.15) is 13.2 Å². The molecule has 1 N–H and O–H groups in total. The number of hydrogen-bond donors (Lipinski definition) is 1. The first-order valence-electron chi connectivity index (χ1n) is 5.34. The van der Waals surface area contributed by atoms with E-state index >= 15 is 0 Å². The lowest BCUT2D eigenvalue weighted by atomic mass is 10.0. The Hall–Kier alpha value is -1.95. The highest BCUT2D eigenvalue weighted by atomic mass is 19.4. The highest BCUT2D eigenvalue weighted by molar-refractivity contribution is 5.66. The zero-order chi connectivity index (χ0) is 14.0. The van der Waals surface area contributed by atoms with Crippen LogP contribution in [-0.2, 0) is 12.8 Å². The van der Waals surface area contributed by atoms with E-state index in [1.165, 1.54) is 18.3 Å². The van der Waals surface area contributed by atoms with Gasteiger partial charge >= 0.3 is 6.18 Å². The van der Waals surface area contributed by atoms with Crippen molar-refractivity contribution in [1.82, 2.24) is 4.98 Å². The summed E-state index contributed by atoms with van der Waals surface area (Å²) in [6.07, 6.45) is -2.17. The molecule has 0 amide bonds. The Morgan fingerprint density at radius 3 is 2.21 bits per heavy atom. The molecule has 100 valence electrons. The Balaban J connectivity index is 2.46. The molecule has 0 unspecified atom stereocenters. The van der Waals surface area contributed by atoms with Crippen molar-refractivity contribution in [2.75, 3.05) is 0 Å². The Bertz CT molecular complexity index is 578. The number of aliphatic hydroxyl groups excluding tert-OH is 1. The van der Waals surface area contributed by atoms with Crippen molar-refractivity contribution in [3.63, 3.8) is 0 Å². The maximum absolute atomic E-state index is 13.4. The van der Waals surface area contributed by atoms with Gasteiger partial charge in [-0.15, -0.1) is 0 Å². The summed E-state index contributed by atoms with van der Waals surface area (Å²) in [6.45, 7) is -0.551. The van der Waals surface area contributed by atoms with Gasteiger partial charge in [0.15, 0.2) is 0 Å². The van der Waals surface area contributed by atoms with Crippen molar-refractivity contribution in [2.45, 2.75) is 12.8 Å². The standard InChI is InChI=1S/C13H9F4NO/c14-12-6-18-5-10(11(12)7-19)8-1-3-9(4-2-8)13(15,16)17/h1-6,19H,7H2. The van der Waals surface area contributed by atoms with Crippen LogP contribution in [0.4, 0.5) is 17.6 Å². The first-order chi connectivity index (χ1) is 8.93. The monoisotopic (exact) mass is 271 g/mol. The molecule has 2 aromatic rings. The molecule has 0 fully saturated rings. The van der Waals surface area contributed by atoms with Gasteiger partial charge in [-0.25, -0.2) is 4.39 Å². The number of benzene rings is 1. The summed E-state index contributed by atoms with van der Waals surface area (Å²) in [6, 6.07) is 4.25. The summed E-state index contributed by atoms with van der Waals surface area (Å²) < 4.78 is 50.7. The van der Waals surface area contributed by atoms with Crippen molar-refractivity contribution in [2.24, 2.45) is 0 Å². The number of alkyl halides is 3. The average molecular weight is 271 g/mol. The van der Waals surface area contributed by atoms with Crippen molar-refractivity contribution in [3.05, 3.63) is 53.6 Å². The van der Waals surface area contributed by atoms with Crippen LogP contribution in [0.2, 0.25) is 0 Å². The van der Waals surface area contributed by atoms with Crippen LogP contribution in [0.5, 0.6) is 0 Å². The van der Waals surface area contributed by atoms with Crippen molar-refractivity contribution in [3.8, 4) is 11.1 Å². The minimum Gasteiger partial charge on any atom is -0.392 e. The van der Waals surface area contributed by atoms with Crippen molar-refractivity contribution in [1.29, 1.82) is 0 Å². The van der Waals surface area contributed by atoms with Crippen molar-refractivity contribution < 1.29 is 22.7 Å². The SMILES string of the molecule is OCc1c(F)cncc1-c1ccc(C(F)(F)F)cc1. The molecule has 1 heterocycles. The summed E-state index contributed by atoms with van der Waals surface area (Å²) in [4.78, 5) is 3.63. The molecule has 0 radical (unpaired) electrons. The van der Waals surface area contributed by atoms with E-state index in [1.54, 1.807) is 0 Å². The van der Waals surface area contributed by atoms with Gasteiger partial charge in [-0.3, -0.25) is 4.98 Å². The Labute approximate surface area is 106 Å². The summed E-state index contributed by atoms with van der Waals surface area (Å²) in [5, 5.41) is 9.10. The molecule has 1 aromatic heterocycles. The van der Waals surface area contributed by atoms with Crippen LogP contribution in [0.15, 0.2) is 36.7 Å². The molecule has 2 rings (SSSR count). The molecule has 1 aromatic carbocycles. The van der Waals surface area contributed by atoms with E-state index in [1.807, 2.05) is 0 Å². The van der Waals surface area contributed by atoms with Crippen LogP contribution < -0.4 is 0 Å². The largest absolute Gasteiger partial charge is 0.416 e. The Morgan fingerprint density at radius 2 is 1.68 bits per heavy atom. The van der Waals surface area contributed by atoms with Crippen LogP contribution in [-0.4, -0.2) is 10.1 Å². The van der Waals surface area contributed by atoms with Crippen LogP contribution in [0.3, 0.4) is 0 Å². The fourth-order valence-electron chi connectivity index (χ4n) is 1.71. The lowest BCUT2D eigenvalue weighted by Crippen LogP contribution is -2.04. The second-order valence-electron chi connectivity index (χ2n) is 3.88. The van der Waals surface area contributed by atoms with Crippen LogP contribution in [0, 0.1) is 5.82 Å². The number of aliphatic hydroxyl groups is 1. The van der Waals surface area contributed by atoms with E-state index < -0.39 is 24.2 Å². The molecule has 6 heteroatoms. The van der Waals surface area contributed by atoms with E-state index in [-0.39, 0.29) is 11.1 Å². The molecular weight excluding hydrogens is 262 g/mol. The molecule has 2 nitrogen and oxygen atoms in total. The van der Waals surface area contributed by atoms with Gasteiger partial charge in [0.05, 0.1) is 18.4 Å². The summed E-state index contributed by atoms with van der Waals surface area (Å²) >= 11 is 0. The lowest BCUT2D eigenvalue weighted by Gasteiger charge is -2.10. The maximum atomic E-state index is 13.4. The molecule has 0 bridgehead atoms. The predicted octanol–water partition coefficient (Wildman–Crippen LogP) is 3.40. The van der Waals surface area contributed by atoms with Crippen LogP contribution >= 0.6 is 0 Å². The van der Waals surface area contributed by atoms with Crippen LogP contribution in [0.1, 0.15) is 11.1 Å². The fraction of sp³-hybridized carbons (Fsp3) is 0.154. The average Bonchev–Trinajstić information content (AvgIpc) is 2.37. The summed E-state index contributed by atoms with van der Waals surface area (Å²) in [7, 11) is 0. The molecule has 0 aliphatic rings. The first-order valence-corrected chi connectivity index (χ1v) is 5.34. The number of rotatable bonds is 2. The minimum atomic E-state index is -4.42. The van der Waals surface area contributed by atoms with Gasteiger partial charge in [0.1, 0.15) is 5.82 Å². The molecule has 0 aliphatic heterocycles. The normalized spacial score (nSPS) is 11.6. The number of nitrogens with zero attached hydrogens (tertiary/aromatic N) is 1. The van der Waals surface area contributed by atoms with E-state index in [2.05, 4.69) is 4.98 Å². The molecule has 0 saturated heterocycles. The second-order valence-corrected chi connectivity index (χ2v) is 3.88. The van der Waals surface area contributed by atoms with E-state index in [4.69, 9.17) is 5.11 Å². The van der Waals surface area contributed by atoms with Crippen molar-refractivity contribution >= 4 is 0 Å². The lowest BCUT2D eigenvalue weighted by molar-refractivity contribution is -0.137. The second kappa shape index (κ2) is 4.97. The minimum absolute atomic E-state index is 0.00904. The Morgan fingerprint density at radius 1 is 1.05 bits per heavy atom. The molecular formula is C13H9F4NO. The smallest absolute Gasteiger partial charge is 0.392 e. The van der Waals surface area contributed by atoms with Gasteiger partial charge in [-0.1, -0.05) is 12.1 Å². The van der Waals surface area contributed by atoms with Gasteiger partial charge < -0.3 is 5.11 Å². The third-order valence-corrected chi connectivity index (χ3v) is 2.69. The summed E-state index contributed by atoms with van der Waals surface area (Å²) in [5.41, 5.74) is -0.138. The first kappa shape index (κ1) is 13.5. The third-order valence-electron chi connectivity index (χ3n) is 2.69. The van der Waals surface area contributed by atoms with Crippen LogP contribution in [0.25, 0.3) is 11.1 Å². The van der Waals surface area contributed by atoms with Gasteiger partial charge in [0.2, 0.25) is 0 Å². The van der Waals surface area contributed by atoms with Gasteiger partial charge in [0.25, 0.3) is 0 Å². The highest BCUT2D eigenvalue weighted by Gasteiger charge is 2.30. The molecule has 0 aliphatic carbocycles. The number of hydrogen-bond acceptors (Lipinski definition) is 2. The maximum Gasteiger partial charge on any atom is 0.416 e. The number of aromatic nitrogens is 1. The van der Waals surface area contributed by atoms with Gasteiger partial charge in [0, 0.05) is 17.3 Å². The van der Waals surface area contributed by atoms with Gasteiger partial charge in [-0.05, 0) is 17.7 Å². The topological polar surface area (TPSA) is 33.1 Å². The molecule has 0 atom stereocenters. The predicted molar refractivity (Wildman–Crippen MR) is 60.6 cm³/mol.